The fourth-order valence-electron chi connectivity index (χ4n) is 4.74. The van der Waals surface area contributed by atoms with E-state index in [1.54, 1.807) is 0 Å². The number of ether oxygens (including phenoxy) is 2. The van der Waals surface area contributed by atoms with Gasteiger partial charge in [0.05, 0.1) is 12.3 Å². The van der Waals surface area contributed by atoms with Gasteiger partial charge < -0.3 is 14.8 Å². The van der Waals surface area contributed by atoms with Gasteiger partial charge in [0.15, 0.2) is 5.75 Å². The fourth-order valence-corrected chi connectivity index (χ4v) is 6.70. The van der Waals surface area contributed by atoms with Gasteiger partial charge in [-0.1, -0.05) is 67.1 Å². The zero-order valence-corrected chi connectivity index (χ0v) is 26.5. The number of nitrogens with zero attached hydrogens (tertiary/aromatic N) is 2. The summed E-state index contributed by atoms with van der Waals surface area (Å²) in [6, 6.07) is 20.1. The molecule has 2 aromatic carbocycles. The lowest BCUT2D eigenvalue weighted by Gasteiger charge is -2.25. The lowest BCUT2D eigenvalue weighted by Crippen LogP contribution is -2.44. The first kappa shape index (κ1) is 32.1. The first-order valence-corrected chi connectivity index (χ1v) is 17.2. The minimum Gasteiger partial charge on any atom is -0.489 e. The summed E-state index contributed by atoms with van der Waals surface area (Å²) >= 11 is 3.81. The molecule has 8 heteroatoms. The van der Waals surface area contributed by atoms with Crippen LogP contribution in [0.3, 0.4) is 0 Å². The molecule has 0 unspecified atom stereocenters. The van der Waals surface area contributed by atoms with E-state index in [0.717, 1.165) is 56.7 Å². The third-order valence-corrected chi connectivity index (χ3v) is 9.28. The highest BCUT2D eigenvalue weighted by Gasteiger charge is 2.33. The van der Waals surface area contributed by atoms with Crippen LogP contribution in [0.2, 0.25) is 0 Å². The molecule has 0 aliphatic carbocycles. The Morgan fingerprint density at radius 1 is 0.976 bits per heavy atom. The van der Waals surface area contributed by atoms with Crippen LogP contribution in [-0.2, 0) is 34.0 Å². The quantitative estimate of drug-likeness (QED) is 0.179. The molecule has 0 spiro atoms. The summed E-state index contributed by atoms with van der Waals surface area (Å²) in [7, 11) is 0. The van der Waals surface area contributed by atoms with Crippen molar-refractivity contribution in [2.45, 2.75) is 63.1 Å². The molecule has 1 N–H and O–H groups in total. The third kappa shape index (κ3) is 9.89. The summed E-state index contributed by atoms with van der Waals surface area (Å²) < 4.78 is 12.0. The zero-order chi connectivity index (χ0) is 29.5. The van der Waals surface area contributed by atoms with Crippen LogP contribution in [0.4, 0.5) is 0 Å². The Balaban J connectivity index is 1.69. The molecule has 1 atom stereocenters. The predicted octanol–water partition coefficient (Wildman–Crippen LogP) is 6.88. The number of fused-ring (bicyclic) bond motifs is 10. The predicted molar refractivity (Wildman–Crippen MR) is 177 cm³/mol. The maximum absolute atomic E-state index is 13.8. The van der Waals surface area contributed by atoms with Crippen LogP contribution < -0.4 is 10.1 Å². The number of aliphatic imine (C=N–C) groups is 1. The van der Waals surface area contributed by atoms with Crippen molar-refractivity contribution in [2.24, 2.45) is 4.99 Å². The summed E-state index contributed by atoms with van der Waals surface area (Å²) in [5, 5.41) is 3.14. The maximum Gasteiger partial charge on any atom is 0.248 e. The average Bonchev–Trinajstić information content (AvgIpc) is 3.05. The first-order chi connectivity index (χ1) is 20.6. The smallest absolute Gasteiger partial charge is 0.248 e. The van der Waals surface area contributed by atoms with Gasteiger partial charge in [-0.2, -0.15) is 23.5 Å². The number of carbonyl (C=O) groups excluding carboxylic acids is 1. The van der Waals surface area contributed by atoms with E-state index >= 15 is 0 Å². The largest absolute Gasteiger partial charge is 0.489 e. The van der Waals surface area contributed by atoms with Crippen molar-refractivity contribution in [2.75, 3.05) is 31.3 Å². The molecule has 42 heavy (non-hydrogen) atoms. The average molecular weight is 606 g/mol. The van der Waals surface area contributed by atoms with Crippen LogP contribution in [-0.4, -0.2) is 54.0 Å². The van der Waals surface area contributed by atoms with E-state index in [-0.39, 0.29) is 5.91 Å². The number of thioether (sulfide) groups is 2. The van der Waals surface area contributed by atoms with Gasteiger partial charge in [0.2, 0.25) is 5.91 Å². The second-order valence-corrected chi connectivity index (χ2v) is 12.8. The van der Waals surface area contributed by atoms with Crippen molar-refractivity contribution in [3.05, 3.63) is 94.8 Å². The topological polar surface area (TPSA) is 72.8 Å². The van der Waals surface area contributed by atoms with Crippen molar-refractivity contribution in [1.29, 1.82) is 0 Å². The molecule has 3 aromatic rings. The molecule has 0 radical (unpaired) electrons. The molecule has 2 aliphatic rings. The molecule has 5 rings (SSSR count). The van der Waals surface area contributed by atoms with E-state index in [2.05, 4.69) is 5.32 Å². The maximum atomic E-state index is 13.8. The van der Waals surface area contributed by atoms with Crippen molar-refractivity contribution in [1.82, 2.24) is 10.3 Å². The molecule has 1 amide bonds. The highest BCUT2D eigenvalue weighted by Crippen LogP contribution is 2.32. The number of aromatic nitrogens is 1. The summed E-state index contributed by atoms with van der Waals surface area (Å²) in [5.41, 5.74) is 4.00. The van der Waals surface area contributed by atoms with Crippen LogP contribution in [0.5, 0.6) is 5.75 Å². The molecule has 2 aliphatic heterocycles. The normalized spacial score (nSPS) is 15.8. The molecular weight excluding hydrogens is 563 g/mol. The summed E-state index contributed by atoms with van der Waals surface area (Å²) in [5.74, 6) is 4.45. The third-order valence-electron chi connectivity index (χ3n) is 7.14. The number of benzene rings is 2. The van der Waals surface area contributed by atoms with Gasteiger partial charge in [-0.05, 0) is 54.9 Å². The number of carbonyl (C=O) groups is 1. The number of nitrogens with one attached hydrogen (secondary N) is 1. The van der Waals surface area contributed by atoms with Gasteiger partial charge in [-0.25, -0.2) is 0 Å². The Kier molecular flexibility index (Phi) is 13.3. The highest BCUT2D eigenvalue weighted by atomic mass is 32.2. The summed E-state index contributed by atoms with van der Waals surface area (Å²) in [4.78, 5) is 23.7. The van der Waals surface area contributed by atoms with E-state index in [1.165, 1.54) is 19.3 Å². The van der Waals surface area contributed by atoms with Gasteiger partial charge in [0.25, 0.3) is 0 Å². The van der Waals surface area contributed by atoms with Gasteiger partial charge in [0, 0.05) is 49.1 Å². The Labute approximate surface area is 259 Å². The van der Waals surface area contributed by atoms with E-state index < -0.39 is 5.54 Å². The molecule has 3 heterocycles. The molecule has 0 saturated heterocycles. The second kappa shape index (κ2) is 17.3. The number of hydrogen-bond acceptors (Lipinski definition) is 7. The van der Waals surface area contributed by atoms with Gasteiger partial charge in [-0.15, -0.1) is 0 Å². The van der Waals surface area contributed by atoms with Crippen LogP contribution in [0, 0.1) is 0 Å². The number of amides is 1. The fraction of sp³-hybridized carbons (Fsp3) is 0.441. The zero-order valence-electron chi connectivity index (χ0n) is 24.8. The molecule has 224 valence electrons. The van der Waals surface area contributed by atoms with Gasteiger partial charge >= 0.3 is 0 Å². The summed E-state index contributed by atoms with van der Waals surface area (Å²) in [6.07, 6.45) is 8.00. The molecule has 0 fully saturated rings. The minimum absolute atomic E-state index is 0.114. The van der Waals surface area contributed by atoms with Crippen LogP contribution in [0.25, 0.3) is 0 Å². The molecule has 0 saturated carbocycles. The van der Waals surface area contributed by atoms with Crippen molar-refractivity contribution >= 4 is 35.6 Å². The minimum atomic E-state index is -1.02. The van der Waals surface area contributed by atoms with E-state index in [4.69, 9.17) is 19.5 Å². The van der Waals surface area contributed by atoms with Crippen molar-refractivity contribution < 1.29 is 14.3 Å². The molecule has 1 aromatic heterocycles. The molecular formula is C34H43N3O3S2. The van der Waals surface area contributed by atoms with E-state index in [1.807, 2.05) is 110 Å². The molecule has 2 bridgehead atoms. The van der Waals surface area contributed by atoms with E-state index in [0.29, 0.717) is 32.8 Å². The first-order valence-electron chi connectivity index (χ1n) is 14.9. The lowest BCUT2D eigenvalue weighted by molar-refractivity contribution is -0.125. The Morgan fingerprint density at radius 2 is 1.67 bits per heavy atom. The SMILES string of the molecule is CCOCCOc1c2ncc(c1C=N[C@](C)(Cc1ccccc1)C(=O)NCc1ccccc1)CSCCCCCSC2. The van der Waals surface area contributed by atoms with Crippen molar-refractivity contribution in [3.8, 4) is 5.75 Å². The van der Waals surface area contributed by atoms with Gasteiger partial charge in [0.1, 0.15) is 12.1 Å². The van der Waals surface area contributed by atoms with Crippen LogP contribution >= 0.6 is 23.5 Å². The standard InChI is InChI=1S/C34H43N3O3S2/c1-3-39-17-18-40-32-30(29-23-35-31(32)26-42-20-12-6-11-19-41-25-29)24-37-34(2,21-27-13-7-4-8-14-27)33(38)36-22-28-15-9-5-10-16-28/h4-5,7-10,13-16,23-24H,3,6,11-12,17-22,25-26H2,1-2H3,(H,36,38)/t34-/m1/s1. The number of pyridine rings is 1. The lowest BCUT2D eigenvalue weighted by atomic mass is 9.92. The van der Waals surface area contributed by atoms with E-state index in [9.17, 15) is 4.79 Å². The number of rotatable bonds is 12. The van der Waals surface area contributed by atoms with Crippen LogP contribution in [0.15, 0.2) is 71.9 Å². The molecule has 6 nitrogen and oxygen atoms in total. The Bertz CT molecular complexity index is 1270. The van der Waals surface area contributed by atoms with Gasteiger partial charge in [-0.3, -0.25) is 14.8 Å². The number of hydrogen-bond donors (Lipinski definition) is 1. The Morgan fingerprint density at radius 3 is 2.38 bits per heavy atom. The highest BCUT2D eigenvalue weighted by molar-refractivity contribution is 7.98. The Hall–Kier alpha value is -2.81. The van der Waals surface area contributed by atoms with Crippen LogP contribution in [0.1, 0.15) is 61.1 Å². The summed E-state index contributed by atoms with van der Waals surface area (Å²) in [6.45, 7) is 5.93. The van der Waals surface area contributed by atoms with Crippen molar-refractivity contribution in [3.63, 3.8) is 0 Å². The second-order valence-electron chi connectivity index (χ2n) is 10.5. The monoisotopic (exact) mass is 605 g/mol.